The maximum Gasteiger partial charge on any atom is 0.338 e. The molecule has 5 nitrogen and oxygen atoms in total. The number of anilines is 1. The van der Waals surface area contributed by atoms with E-state index < -0.39 is 5.97 Å². The highest BCUT2D eigenvalue weighted by molar-refractivity contribution is 5.95. The number of carbonyl (C=O) groups is 2. The predicted molar refractivity (Wildman–Crippen MR) is 97.2 cm³/mol. The lowest BCUT2D eigenvalue weighted by Crippen LogP contribution is -2.21. The van der Waals surface area contributed by atoms with E-state index in [4.69, 9.17) is 9.47 Å². The molecule has 0 aliphatic carbocycles. The number of esters is 1. The first-order chi connectivity index (χ1) is 11.9. The van der Waals surface area contributed by atoms with E-state index in [0.717, 1.165) is 11.1 Å². The molecule has 0 atom stereocenters. The third kappa shape index (κ3) is 5.08. The van der Waals surface area contributed by atoms with Crippen molar-refractivity contribution in [3.63, 3.8) is 0 Å². The number of rotatable bonds is 6. The van der Waals surface area contributed by atoms with Crippen LogP contribution in [0.5, 0.6) is 5.75 Å². The second-order valence-corrected chi connectivity index (χ2v) is 5.83. The Balaban J connectivity index is 2.00. The quantitative estimate of drug-likeness (QED) is 0.812. The second-order valence-electron chi connectivity index (χ2n) is 5.83. The molecule has 0 aliphatic heterocycles. The number of aryl methyl sites for hydroxylation is 3. The first-order valence-electron chi connectivity index (χ1n) is 8.18. The van der Waals surface area contributed by atoms with E-state index in [9.17, 15) is 9.59 Å². The molecule has 0 saturated heterocycles. The fourth-order valence-corrected chi connectivity index (χ4v) is 2.24. The first kappa shape index (κ1) is 18.5. The molecule has 0 heterocycles. The number of amides is 1. The molecule has 0 saturated carbocycles. The van der Waals surface area contributed by atoms with E-state index in [1.807, 2.05) is 39.0 Å². The van der Waals surface area contributed by atoms with Gasteiger partial charge in [-0.15, -0.1) is 0 Å². The van der Waals surface area contributed by atoms with E-state index in [2.05, 4.69) is 5.32 Å². The van der Waals surface area contributed by atoms with Crippen molar-refractivity contribution in [1.29, 1.82) is 0 Å². The molecule has 0 unspecified atom stereocenters. The molecule has 1 amide bonds. The Morgan fingerprint density at radius 2 is 1.68 bits per heavy atom. The topological polar surface area (TPSA) is 64.6 Å². The van der Waals surface area contributed by atoms with Crippen LogP contribution in [0.3, 0.4) is 0 Å². The van der Waals surface area contributed by atoms with E-state index in [1.165, 1.54) is 5.56 Å². The summed E-state index contributed by atoms with van der Waals surface area (Å²) in [4.78, 5) is 23.9. The van der Waals surface area contributed by atoms with Crippen LogP contribution in [0, 0.1) is 20.8 Å². The van der Waals surface area contributed by atoms with Crippen LogP contribution in [0.25, 0.3) is 0 Å². The highest BCUT2D eigenvalue weighted by Gasteiger charge is 2.11. The number of nitrogens with one attached hydrogen (secondary N) is 1. The van der Waals surface area contributed by atoms with Gasteiger partial charge in [-0.1, -0.05) is 12.1 Å². The summed E-state index contributed by atoms with van der Waals surface area (Å²) < 4.78 is 10.5. The largest absolute Gasteiger partial charge is 0.484 e. The third-order valence-corrected chi connectivity index (χ3v) is 3.87. The Kier molecular flexibility index (Phi) is 6.17. The van der Waals surface area contributed by atoms with Gasteiger partial charge < -0.3 is 14.8 Å². The molecular weight excluding hydrogens is 318 g/mol. The van der Waals surface area contributed by atoms with Crippen LogP contribution in [0.1, 0.15) is 34.0 Å². The SMILES string of the molecule is CCOC(=O)c1ccc(C)c(NC(=O)COc2ccc(C)c(C)c2)c1. The number of hydrogen-bond donors (Lipinski definition) is 1. The lowest BCUT2D eigenvalue weighted by Gasteiger charge is -2.12. The molecule has 0 spiro atoms. The zero-order valence-electron chi connectivity index (χ0n) is 15.0. The normalized spacial score (nSPS) is 10.2. The summed E-state index contributed by atoms with van der Waals surface area (Å²) in [5.74, 6) is -0.0537. The maximum absolute atomic E-state index is 12.1. The van der Waals surface area contributed by atoms with Crippen LogP contribution in [-0.2, 0) is 9.53 Å². The molecule has 2 aromatic rings. The van der Waals surface area contributed by atoms with Gasteiger partial charge in [0.2, 0.25) is 0 Å². The fourth-order valence-electron chi connectivity index (χ4n) is 2.24. The van der Waals surface area contributed by atoms with Gasteiger partial charge in [0, 0.05) is 5.69 Å². The molecule has 0 aromatic heterocycles. The van der Waals surface area contributed by atoms with Crippen LogP contribution in [-0.4, -0.2) is 25.1 Å². The van der Waals surface area contributed by atoms with Gasteiger partial charge in [0.15, 0.2) is 6.61 Å². The van der Waals surface area contributed by atoms with Crippen LogP contribution in [0.4, 0.5) is 5.69 Å². The molecule has 2 rings (SSSR count). The number of benzene rings is 2. The number of ether oxygens (including phenoxy) is 2. The van der Waals surface area contributed by atoms with Crippen LogP contribution < -0.4 is 10.1 Å². The zero-order chi connectivity index (χ0) is 18.4. The molecule has 5 heteroatoms. The smallest absolute Gasteiger partial charge is 0.338 e. The lowest BCUT2D eigenvalue weighted by atomic mass is 10.1. The van der Waals surface area contributed by atoms with Crippen LogP contribution >= 0.6 is 0 Å². The number of hydrogen-bond acceptors (Lipinski definition) is 4. The average Bonchev–Trinajstić information content (AvgIpc) is 2.58. The predicted octanol–water partition coefficient (Wildman–Crippen LogP) is 3.81. The molecule has 0 radical (unpaired) electrons. The molecule has 0 aliphatic rings. The minimum atomic E-state index is -0.413. The Morgan fingerprint density at radius 1 is 0.960 bits per heavy atom. The summed E-state index contributed by atoms with van der Waals surface area (Å²) in [5.41, 5.74) is 4.10. The molecule has 0 bridgehead atoms. The highest BCUT2D eigenvalue weighted by Crippen LogP contribution is 2.19. The van der Waals surface area contributed by atoms with E-state index in [1.54, 1.807) is 25.1 Å². The highest BCUT2D eigenvalue weighted by atomic mass is 16.5. The van der Waals surface area contributed by atoms with Gasteiger partial charge in [-0.05, 0) is 68.7 Å². The van der Waals surface area contributed by atoms with Crippen LogP contribution in [0.15, 0.2) is 36.4 Å². The lowest BCUT2D eigenvalue weighted by molar-refractivity contribution is -0.118. The van der Waals surface area contributed by atoms with Crippen molar-refractivity contribution in [2.24, 2.45) is 0 Å². The van der Waals surface area contributed by atoms with Gasteiger partial charge in [0.05, 0.1) is 12.2 Å². The molecular formula is C20H23NO4. The summed E-state index contributed by atoms with van der Waals surface area (Å²) in [7, 11) is 0. The summed E-state index contributed by atoms with van der Waals surface area (Å²) in [6, 6.07) is 10.7. The van der Waals surface area contributed by atoms with Crippen molar-refractivity contribution in [2.75, 3.05) is 18.5 Å². The molecule has 0 fully saturated rings. The summed E-state index contributed by atoms with van der Waals surface area (Å²) in [5, 5.41) is 2.77. The van der Waals surface area contributed by atoms with Gasteiger partial charge in [0.1, 0.15) is 5.75 Å². The van der Waals surface area contributed by atoms with Crippen molar-refractivity contribution in [3.8, 4) is 5.75 Å². The Hall–Kier alpha value is -2.82. The second kappa shape index (κ2) is 8.33. The van der Waals surface area contributed by atoms with Gasteiger partial charge in [-0.2, -0.15) is 0 Å². The summed E-state index contributed by atoms with van der Waals surface area (Å²) >= 11 is 0. The monoisotopic (exact) mass is 341 g/mol. The third-order valence-electron chi connectivity index (χ3n) is 3.87. The van der Waals surface area contributed by atoms with Crippen molar-refractivity contribution < 1.29 is 19.1 Å². The van der Waals surface area contributed by atoms with Gasteiger partial charge >= 0.3 is 5.97 Å². The maximum atomic E-state index is 12.1. The molecule has 25 heavy (non-hydrogen) atoms. The Labute approximate surface area is 148 Å². The number of carbonyl (C=O) groups excluding carboxylic acids is 2. The van der Waals surface area contributed by atoms with E-state index in [-0.39, 0.29) is 12.5 Å². The van der Waals surface area contributed by atoms with Crippen molar-refractivity contribution in [2.45, 2.75) is 27.7 Å². The van der Waals surface area contributed by atoms with Crippen molar-refractivity contribution in [1.82, 2.24) is 0 Å². The van der Waals surface area contributed by atoms with E-state index in [0.29, 0.717) is 23.6 Å². The minimum absolute atomic E-state index is 0.106. The summed E-state index contributed by atoms with van der Waals surface area (Å²) in [6.45, 7) is 7.81. The summed E-state index contributed by atoms with van der Waals surface area (Å²) in [6.07, 6.45) is 0. The molecule has 132 valence electrons. The molecule has 1 N–H and O–H groups in total. The standard InChI is InChI=1S/C20H23NO4/c1-5-24-20(23)16-8-6-14(3)18(11-16)21-19(22)12-25-17-9-7-13(2)15(4)10-17/h6-11H,5,12H2,1-4H3,(H,21,22). The Morgan fingerprint density at radius 3 is 2.36 bits per heavy atom. The van der Waals surface area contributed by atoms with Crippen LogP contribution in [0.2, 0.25) is 0 Å². The van der Waals surface area contributed by atoms with Crippen molar-refractivity contribution >= 4 is 17.6 Å². The first-order valence-corrected chi connectivity index (χ1v) is 8.18. The Bertz CT molecular complexity index is 783. The zero-order valence-corrected chi connectivity index (χ0v) is 15.0. The fraction of sp³-hybridized carbons (Fsp3) is 0.300. The van der Waals surface area contributed by atoms with Gasteiger partial charge in [0.25, 0.3) is 5.91 Å². The minimum Gasteiger partial charge on any atom is -0.484 e. The van der Waals surface area contributed by atoms with E-state index >= 15 is 0 Å². The van der Waals surface area contributed by atoms with Gasteiger partial charge in [-0.3, -0.25) is 4.79 Å². The van der Waals surface area contributed by atoms with Gasteiger partial charge in [-0.25, -0.2) is 4.79 Å². The average molecular weight is 341 g/mol. The molecule has 2 aromatic carbocycles. The van der Waals surface area contributed by atoms with Crippen molar-refractivity contribution in [3.05, 3.63) is 58.7 Å².